The molecule has 0 amide bonds. The highest BCUT2D eigenvalue weighted by Gasteiger charge is 2.16. The van der Waals surface area contributed by atoms with Crippen LogP contribution in [0.15, 0.2) is 11.8 Å². The van der Waals surface area contributed by atoms with E-state index in [0.717, 1.165) is 56.9 Å². The van der Waals surface area contributed by atoms with Crippen LogP contribution in [-0.2, 0) is 9.53 Å². The highest BCUT2D eigenvalue weighted by molar-refractivity contribution is 5.49. The minimum absolute atomic E-state index is 0.0963. The van der Waals surface area contributed by atoms with Crippen molar-refractivity contribution < 1.29 is 24.9 Å². The first-order valence-electron chi connectivity index (χ1n) is 10.0. The SMILES string of the molecule is NC(O)CCCCCNC(O)COCC(O)NC1=CC[C@H](CCC=O)CC1. The van der Waals surface area contributed by atoms with Gasteiger partial charge in [-0.25, -0.2) is 0 Å². The Labute approximate surface area is 162 Å². The maximum absolute atomic E-state index is 10.4. The van der Waals surface area contributed by atoms with E-state index in [1.165, 1.54) is 0 Å². The number of allylic oxidation sites excluding steroid dienone is 2. The van der Waals surface area contributed by atoms with Crippen LogP contribution in [0.3, 0.4) is 0 Å². The Hall–Kier alpha value is -1.03. The van der Waals surface area contributed by atoms with Crippen molar-refractivity contribution in [3.63, 3.8) is 0 Å². The standard InChI is InChI=1S/C19H37N3O5/c20-17(24)6-2-1-3-11-21-18(25)13-27-14-19(26)22-16-9-7-15(8-10-16)5-4-12-23/h9,12,15,17-19,21-22,24-26H,1-8,10-11,13-14,20H2/t15-,17?,18?,19?/m0/s1. The van der Waals surface area contributed by atoms with Crippen molar-refractivity contribution in [1.82, 2.24) is 10.6 Å². The van der Waals surface area contributed by atoms with Crippen LogP contribution < -0.4 is 16.4 Å². The normalized spacial score (nSPS) is 20.6. The predicted octanol–water partition coefficient (Wildman–Crippen LogP) is 0.320. The van der Waals surface area contributed by atoms with Gasteiger partial charge in [-0.1, -0.05) is 12.5 Å². The molecule has 0 aliphatic heterocycles. The number of hydrogen-bond donors (Lipinski definition) is 6. The minimum Gasteiger partial charge on any atom is -0.379 e. The van der Waals surface area contributed by atoms with Crippen molar-refractivity contribution in [3.8, 4) is 0 Å². The fraction of sp³-hybridized carbons (Fsp3) is 0.842. The van der Waals surface area contributed by atoms with E-state index < -0.39 is 18.7 Å². The molecule has 0 heterocycles. The average Bonchev–Trinajstić information content (AvgIpc) is 2.63. The van der Waals surface area contributed by atoms with E-state index in [1.807, 2.05) is 0 Å². The number of unbranched alkanes of at least 4 members (excludes halogenated alkanes) is 2. The number of ether oxygens (including phenoxy) is 1. The number of aldehydes is 1. The van der Waals surface area contributed by atoms with E-state index in [9.17, 15) is 15.0 Å². The number of carbonyl (C=O) groups excluding carboxylic acids is 1. The van der Waals surface area contributed by atoms with Crippen molar-refractivity contribution in [2.24, 2.45) is 11.7 Å². The summed E-state index contributed by atoms with van der Waals surface area (Å²) in [6.45, 7) is 0.857. The molecule has 0 aromatic heterocycles. The van der Waals surface area contributed by atoms with Gasteiger partial charge in [0, 0.05) is 12.1 Å². The summed E-state index contributed by atoms with van der Waals surface area (Å²) in [6.07, 6.45) is 8.35. The highest BCUT2D eigenvalue weighted by Crippen LogP contribution is 2.25. The second-order valence-electron chi connectivity index (χ2n) is 7.20. The lowest BCUT2D eigenvalue weighted by molar-refractivity contribution is -0.108. The molecule has 1 aliphatic carbocycles. The van der Waals surface area contributed by atoms with Crippen LogP contribution in [0.1, 0.15) is 57.8 Å². The molecular weight excluding hydrogens is 350 g/mol. The maximum atomic E-state index is 10.4. The molecule has 0 fully saturated rings. The van der Waals surface area contributed by atoms with Gasteiger partial charge < -0.3 is 35.9 Å². The highest BCUT2D eigenvalue weighted by atomic mass is 16.5. The summed E-state index contributed by atoms with van der Waals surface area (Å²) in [6, 6.07) is 0. The van der Waals surface area contributed by atoms with E-state index >= 15 is 0 Å². The van der Waals surface area contributed by atoms with Gasteiger partial charge in [-0.3, -0.25) is 5.32 Å². The number of nitrogens with two attached hydrogens (primary N) is 1. The molecule has 158 valence electrons. The summed E-state index contributed by atoms with van der Waals surface area (Å²) in [7, 11) is 0. The third kappa shape index (κ3) is 12.9. The lowest BCUT2D eigenvalue weighted by Crippen LogP contribution is -2.38. The Bertz CT molecular complexity index is 420. The lowest BCUT2D eigenvalue weighted by Gasteiger charge is -2.24. The molecule has 7 N–H and O–H groups in total. The molecule has 4 atom stereocenters. The van der Waals surface area contributed by atoms with Gasteiger partial charge >= 0.3 is 0 Å². The van der Waals surface area contributed by atoms with E-state index in [-0.39, 0.29) is 13.2 Å². The van der Waals surface area contributed by atoms with Crippen LogP contribution in [0, 0.1) is 5.92 Å². The van der Waals surface area contributed by atoms with Crippen LogP contribution in [0.4, 0.5) is 0 Å². The minimum atomic E-state index is -0.808. The maximum Gasteiger partial charge on any atom is 0.147 e. The molecular formula is C19H37N3O5. The van der Waals surface area contributed by atoms with Crippen LogP contribution in [0.5, 0.6) is 0 Å². The predicted molar refractivity (Wildman–Crippen MR) is 103 cm³/mol. The second-order valence-corrected chi connectivity index (χ2v) is 7.20. The van der Waals surface area contributed by atoms with E-state index in [1.54, 1.807) is 0 Å². The zero-order chi connectivity index (χ0) is 19.9. The van der Waals surface area contributed by atoms with Crippen molar-refractivity contribution in [2.75, 3.05) is 19.8 Å². The lowest BCUT2D eigenvalue weighted by atomic mass is 9.89. The van der Waals surface area contributed by atoms with Gasteiger partial charge in [-0.2, -0.15) is 0 Å². The summed E-state index contributed by atoms with van der Waals surface area (Å²) in [5.74, 6) is 0.552. The summed E-state index contributed by atoms with van der Waals surface area (Å²) in [5, 5.41) is 34.7. The largest absolute Gasteiger partial charge is 0.379 e. The molecule has 8 nitrogen and oxygen atoms in total. The third-order valence-electron chi connectivity index (χ3n) is 4.67. The molecule has 0 saturated heterocycles. The van der Waals surface area contributed by atoms with Gasteiger partial charge in [-0.15, -0.1) is 0 Å². The molecule has 0 radical (unpaired) electrons. The number of aliphatic hydroxyl groups is 3. The van der Waals surface area contributed by atoms with Gasteiger partial charge in [-0.05, 0) is 57.4 Å². The number of carbonyl (C=O) groups is 1. The van der Waals surface area contributed by atoms with Crippen LogP contribution in [0.2, 0.25) is 0 Å². The first-order valence-corrected chi connectivity index (χ1v) is 10.0. The Morgan fingerprint density at radius 3 is 2.67 bits per heavy atom. The Morgan fingerprint density at radius 1 is 1.22 bits per heavy atom. The number of hydrogen-bond acceptors (Lipinski definition) is 8. The van der Waals surface area contributed by atoms with Crippen LogP contribution >= 0.6 is 0 Å². The molecule has 0 aromatic rings. The number of rotatable bonds is 16. The van der Waals surface area contributed by atoms with Gasteiger partial charge in [0.05, 0.1) is 13.2 Å². The molecule has 0 spiro atoms. The third-order valence-corrected chi connectivity index (χ3v) is 4.67. The summed E-state index contributed by atoms with van der Waals surface area (Å²) < 4.78 is 5.34. The van der Waals surface area contributed by atoms with Crippen molar-refractivity contribution in [3.05, 3.63) is 11.8 Å². The van der Waals surface area contributed by atoms with Crippen LogP contribution in [0.25, 0.3) is 0 Å². The fourth-order valence-electron chi connectivity index (χ4n) is 3.12. The summed E-state index contributed by atoms with van der Waals surface area (Å²) in [5.41, 5.74) is 6.27. The summed E-state index contributed by atoms with van der Waals surface area (Å²) >= 11 is 0. The monoisotopic (exact) mass is 387 g/mol. The molecule has 0 saturated carbocycles. The van der Waals surface area contributed by atoms with Gasteiger partial charge in [0.1, 0.15) is 25.0 Å². The first-order chi connectivity index (χ1) is 13.0. The molecule has 0 bridgehead atoms. The van der Waals surface area contributed by atoms with Crippen LogP contribution in [-0.4, -0.2) is 60.0 Å². The van der Waals surface area contributed by atoms with E-state index in [0.29, 0.717) is 25.3 Å². The van der Waals surface area contributed by atoms with Gasteiger partial charge in [0.25, 0.3) is 0 Å². The molecule has 1 aliphatic rings. The zero-order valence-corrected chi connectivity index (χ0v) is 16.2. The smallest absolute Gasteiger partial charge is 0.147 e. The Kier molecular flexibility index (Phi) is 13.3. The second kappa shape index (κ2) is 15.0. The van der Waals surface area contributed by atoms with E-state index in [4.69, 9.17) is 15.6 Å². The molecule has 1 rings (SSSR count). The molecule has 8 heteroatoms. The average molecular weight is 388 g/mol. The van der Waals surface area contributed by atoms with Gasteiger partial charge in [0.2, 0.25) is 0 Å². The molecule has 0 aromatic carbocycles. The Balaban J connectivity index is 2.02. The summed E-state index contributed by atoms with van der Waals surface area (Å²) in [4.78, 5) is 10.4. The Morgan fingerprint density at radius 2 is 2.00 bits per heavy atom. The van der Waals surface area contributed by atoms with Crippen molar-refractivity contribution in [1.29, 1.82) is 0 Å². The topological polar surface area (TPSA) is 137 Å². The van der Waals surface area contributed by atoms with E-state index in [2.05, 4.69) is 16.7 Å². The molecule has 3 unspecified atom stereocenters. The quantitative estimate of drug-likeness (QED) is 0.127. The van der Waals surface area contributed by atoms with Gasteiger partial charge in [0.15, 0.2) is 0 Å². The zero-order valence-electron chi connectivity index (χ0n) is 16.2. The first kappa shape index (κ1) is 24.0. The van der Waals surface area contributed by atoms with Crippen molar-refractivity contribution >= 4 is 6.29 Å². The van der Waals surface area contributed by atoms with Crippen molar-refractivity contribution in [2.45, 2.75) is 76.5 Å². The number of aliphatic hydroxyl groups excluding tert-OH is 3. The fourth-order valence-corrected chi connectivity index (χ4v) is 3.12. The molecule has 27 heavy (non-hydrogen) atoms. The number of nitrogens with one attached hydrogen (secondary N) is 2.